The molecule has 1 saturated heterocycles. The summed E-state index contributed by atoms with van der Waals surface area (Å²) in [6.45, 7) is 8.10. The average molecular weight is 230 g/mol. The molecule has 0 bridgehead atoms. The topological polar surface area (TPSA) is 53.0 Å². The third kappa shape index (κ3) is 3.43. The van der Waals surface area contributed by atoms with E-state index < -0.39 is 5.97 Å². The summed E-state index contributed by atoms with van der Waals surface area (Å²) in [5.74, 6) is -0.738. The van der Waals surface area contributed by atoms with Crippen molar-refractivity contribution in [1.29, 1.82) is 0 Å². The first kappa shape index (κ1) is 13.4. The number of aliphatic carboxylic acids is 1. The largest absolute Gasteiger partial charge is 0.480 e. The third-order valence-corrected chi connectivity index (χ3v) is 3.28. The van der Waals surface area contributed by atoms with Gasteiger partial charge in [-0.05, 0) is 13.8 Å². The maximum Gasteiger partial charge on any atom is 0.320 e. The van der Waals surface area contributed by atoms with E-state index in [4.69, 9.17) is 9.84 Å². The van der Waals surface area contributed by atoms with Gasteiger partial charge >= 0.3 is 5.97 Å². The molecule has 0 aromatic heterocycles. The fraction of sp³-hybridized carbons (Fsp3) is 0.909. The van der Waals surface area contributed by atoms with Crippen LogP contribution in [0.4, 0.5) is 0 Å². The molecule has 5 heteroatoms. The molecule has 1 rings (SSSR count). The van der Waals surface area contributed by atoms with Crippen LogP contribution in [0, 0.1) is 0 Å². The Bertz CT molecular complexity index is 235. The molecule has 0 aromatic rings. The van der Waals surface area contributed by atoms with E-state index in [9.17, 15) is 4.79 Å². The molecule has 2 atom stereocenters. The summed E-state index contributed by atoms with van der Waals surface area (Å²) >= 11 is 0. The van der Waals surface area contributed by atoms with Crippen molar-refractivity contribution in [2.75, 3.05) is 39.9 Å². The predicted molar refractivity (Wildman–Crippen MR) is 61.6 cm³/mol. The SMILES string of the molecule is COCCN1CCN(C(C)C(=O)O)CC1C. The van der Waals surface area contributed by atoms with Crippen molar-refractivity contribution in [1.82, 2.24) is 9.80 Å². The summed E-state index contributed by atoms with van der Waals surface area (Å²) in [6, 6.07) is 0.0118. The van der Waals surface area contributed by atoms with Crippen LogP contribution >= 0.6 is 0 Å². The van der Waals surface area contributed by atoms with Gasteiger partial charge in [0.25, 0.3) is 0 Å². The van der Waals surface area contributed by atoms with Crippen molar-refractivity contribution < 1.29 is 14.6 Å². The molecule has 2 unspecified atom stereocenters. The summed E-state index contributed by atoms with van der Waals surface area (Å²) in [5, 5.41) is 8.95. The summed E-state index contributed by atoms with van der Waals surface area (Å²) in [7, 11) is 1.70. The molecule has 0 spiro atoms. The zero-order valence-corrected chi connectivity index (χ0v) is 10.3. The number of carboxylic acid groups (broad SMARTS) is 1. The second kappa shape index (κ2) is 6.18. The van der Waals surface area contributed by atoms with Crippen LogP contribution in [0.25, 0.3) is 0 Å². The molecule has 1 aliphatic rings. The van der Waals surface area contributed by atoms with Gasteiger partial charge in [-0.1, -0.05) is 0 Å². The van der Waals surface area contributed by atoms with E-state index in [1.807, 2.05) is 4.90 Å². The van der Waals surface area contributed by atoms with E-state index in [1.165, 1.54) is 0 Å². The van der Waals surface area contributed by atoms with Crippen LogP contribution in [0.3, 0.4) is 0 Å². The number of carboxylic acids is 1. The minimum Gasteiger partial charge on any atom is -0.480 e. The lowest BCUT2D eigenvalue weighted by atomic mass is 10.1. The maximum absolute atomic E-state index is 10.9. The van der Waals surface area contributed by atoms with Gasteiger partial charge in [-0.15, -0.1) is 0 Å². The fourth-order valence-corrected chi connectivity index (χ4v) is 2.07. The fourth-order valence-electron chi connectivity index (χ4n) is 2.07. The van der Waals surface area contributed by atoms with Crippen LogP contribution < -0.4 is 0 Å². The summed E-state index contributed by atoms with van der Waals surface area (Å²) in [6.07, 6.45) is 0. The van der Waals surface area contributed by atoms with Gasteiger partial charge in [0.15, 0.2) is 0 Å². The van der Waals surface area contributed by atoms with Gasteiger partial charge in [0, 0.05) is 39.3 Å². The zero-order valence-electron chi connectivity index (χ0n) is 10.3. The third-order valence-electron chi connectivity index (χ3n) is 3.28. The van der Waals surface area contributed by atoms with Crippen molar-refractivity contribution in [3.05, 3.63) is 0 Å². The molecular formula is C11H22N2O3. The normalized spacial score (nSPS) is 25.6. The van der Waals surface area contributed by atoms with Crippen molar-refractivity contribution in [2.45, 2.75) is 25.9 Å². The van der Waals surface area contributed by atoms with Crippen LogP contribution in [0.15, 0.2) is 0 Å². The second-order valence-electron chi connectivity index (χ2n) is 4.39. The Hall–Kier alpha value is -0.650. The van der Waals surface area contributed by atoms with Crippen LogP contribution in [-0.4, -0.2) is 72.9 Å². The first-order valence-electron chi connectivity index (χ1n) is 5.76. The van der Waals surface area contributed by atoms with Crippen molar-refractivity contribution in [2.24, 2.45) is 0 Å². The first-order chi connectivity index (χ1) is 7.56. The molecule has 0 aromatic carbocycles. The molecule has 0 saturated carbocycles. The number of carbonyl (C=O) groups is 1. The molecule has 5 nitrogen and oxygen atoms in total. The van der Waals surface area contributed by atoms with Gasteiger partial charge in [-0.3, -0.25) is 14.6 Å². The Morgan fingerprint density at radius 2 is 2.25 bits per heavy atom. The number of ether oxygens (including phenoxy) is 1. The number of methoxy groups -OCH3 is 1. The van der Waals surface area contributed by atoms with Crippen molar-refractivity contribution >= 4 is 5.97 Å². The molecular weight excluding hydrogens is 208 g/mol. The average Bonchev–Trinajstić information content (AvgIpc) is 2.26. The van der Waals surface area contributed by atoms with Gasteiger partial charge in [0.1, 0.15) is 6.04 Å². The van der Waals surface area contributed by atoms with E-state index in [2.05, 4.69) is 11.8 Å². The Kier molecular flexibility index (Phi) is 5.18. The smallest absolute Gasteiger partial charge is 0.320 e. The molecule has 0 radical (unpaired) electrons. The standard InChI is InChI=1S/C11H22N2O3/c1-9-8-13(10(2)11(14)15)5-4-12(9)6-7-16-3/h9-10H,4-8H2,1-3H3,(H,14,15). The minimum atomic E-state index is -0.738. The van der Waals surface area contributed by atoms with Crippen molar-refractivity contribution in [3.63, 3.8) is 0 Å². The Labute approximate surface area is 97.0 Å². The van der Waals surface area contributed by atoms with E-state index in [0.717, 1.165) is 32.8 Å². The highest BCUT2D eigenvalue weighted by molar-refractivity contribution is 5.72. The van der Waals surface area contributed by atoms with E-state index in [1.54, 1.807) is 14.0 Å². The number of rotatable bonds is 5. The Balaban J connectivity index is 2.41. The van der Waals surface area contributed by atoms with Crippen LogP contribution in [0.2, 0.25) is 0 Å². The summed E-state index contributed by atoms with van der Waals surface area (Å²) in [4.78, 5) is 15.2. The second-order valence-corrected chi connectivity index (χ2v) is 4.39. The number of hydrogen-bond donors (Lipinski definition) is 1. The maximum atomic E-state index is 10.9. The lowest BCUT2D eigenvalue weighted by Crippen LogP contribution is -2.56. The number of piperazine rings is 1. The Morgan fingerprint density at radius 1 is 1.56 bits per heavy atom. The summed E-state index contributed by atoms with van der Waals surface area (Å²) < 4.78 is 5.06. The monoisotopic (exact) mass is 230 g/mol. The van der Waals surface area contributed by atoms with E-state index in [-0.39, 0.29) is 6.04 Å². The van der Waals surface area contributed by atoms with Gasteiger partial charge in [-0.2, -0.15) is 0 Å². The quantitative estimate of drug-likeness (QED) is 0.726. The molecule has 0 aliphatic carbocycles. The highest BCUT2D eigenvalue weighted by atomic mass is 16.5. The molecule has 0 amide bonds. The summed E-state index contributed by atoms with van der Waals surface area (Å²) in [5.41, 5.74) is 0. The molecule has 94 valence electrons. The number of hydrogen-bond acceptors (Lipinski definition) is 4. The molecule has 1 fully saturated rings. The van der Waals surface area contributed by atoms with Gasteiger partial charge < -0.3 is 9.84 Å². The van der Waals surface area contributed by atoms with Gasteiger partial charge in [0.05, 0.1) is 6.61 Å². The lowest BCUT2D eigenvalue weighted by molar-refractivity contribution is -0.143. The van der Waals surface area contributed by atoms with Gasteiger partial charge in [0.2, 0.25) is 0 Å². The van der Waals surface area contributed by atoms with Crippen LogP contribution in [0.1, 0.15) is 13.8 Å². The molecule has 1 N–H and O–H groups in total. The Morgan fingerprint density at radius 3 is 2.75 bits per heavy atom. The lowest BCUT2D eigenvalue weighted by Gasteiger charge is -2.41. The van der Waals surface area contributed by atoms with E-state index >= 15 is 0 Å². The molecule has 16 heavy (non-hydrogen) atoms. The minimum absolute atomic E-state index is 0.382. The van der Waals surface area contributed by atoms with E-state index in [0.29, 0.717) is 6.04 Å². The molecule has 1 aliphatic heterocycles. The highest BCUT2D eigenvalue weighted by Crippen LogP contribution is 2.12. The van der Waals surface area contributed by atoms with Crippen LogP contribution in [0.5, 0.6) is 0 Å². The molecule has 1 heterocycles. The predicted octanol–water partition coefficient (Wildman–Crippen LogP) is 0.112. The first-order valence-corrected chi connectivity index (χ1v) is 5.76. The number of nitrogens with zero attached hydrogens (tertiary/aromatic N) is 2. The van der Waals surface area contributed by atoms with Gasteiger partial charge in [-0.25, -0.2) is 0 Å². The van der Waals surface area contributed by atoms with Crippen LogP contribution in [-0.2, 0) is 9.53 Å². The highest BCUT2D eigenvalue weighted by Gasteiger charge is 2.28. The zero-order chi connectivity index (χ0) is 12.1. The van der Waals surface area contributed by atoms with Crippen molar-refractivity contribution in [3.8, 4) is 0 Å².